The van der Waals surface area contributed by atoms with Crippen molar-refractivity contribution >= 4 is 27.3 Å². The smallest absolute Gasteiger partial charge is 0.0520 e. The molecule has 2 heteroatoms. The zero-order valence-electron chi connectivity index (χ0n) is 8.14. The lowest BCUT2D eigenvalue weighted by Crippen LogP contribution is -2.15. The molecule has 0 N–H and O–H groups in total. The molecule has 1 atom stereocenters. The molecule has 0 amide bonds. The van der Waals surface area contributed by atoms with E-state index in [1.807, 2.05) is 11.3 Å². The van der Waals surface area contributed by atoms with Gasteiger partial charge in [-0.1, -0.05) is 22.4 Å². The average molecular weight is 259 g/mol. The Balaban J connectivity index is 2.18. The van der Waals surface area contributed by atoms with E-state index in [2.05, 4.69) is 35.8 Å². The van der Waals surface area contributed by atoms with Crippen molar-refractivity contribution in [2.75, 3.05) is 0 Å². The molecule has 1 aromatic rings. The first-order valence-corrected chi connectivity index (χ1v) is 6.62. The minimum Gasteiger partial charge on any atom is -0.144 e. The van der Waals surface area contributed by atoms with Crippen LogP contribution < -0.4 is 0 Å². The highest BCUT2D eigenvalue weighted by Crippen LogP contribution is 2.46. The second-order valence-corrected chi connectivity index (χ2v) is 6.27. The molecule has 0 aromatic carbocycles. The standard InChI is InChI=1S/C11H15BrS/c1-7-6-8(2)13-11(7)10(12)9-4-3-5-9/h6,9-10H,3-5H2,1-2H3. The normalized spacial score (nSPS) is 19.9. The summed E-state index contributed by atoms with van der Waals surface area (Å²) in [6, 6.07) is 2.30. The third-order valence-corrected chi connectivity index (χ3v) is 5.64. The van der Waals surface area contributed by atoms with Crippen LogP contribution in [0.5, 0.6) is 0 Å². The van der Waals surface area contributed by atoms with Crippen LogP contribution in [-0.2, 0) is 0 Å². The minimum absolute atomic E-state index is 0.625. The summed E-state index contributed by atoms with van der Waals surface area (Å²) in [6.45, 7) is 4.42. The number of halogens is 1. The molecule has 0 bridgehead atoms. The minimum atomic E-state index is 0.625. The summed E-state index contributed by atoms with van der Waals surface area (Å²) in [6.07, 6.45) is 4.24. The van der Waals surface area contributed by atoms with Crippen LogP contribution >= 0.6 is 27.3 Å². The number of hydrogen-bond donors (Lipinski definition) is 0. The molecule has 2 rings (SSSR count). The second-order valence-electron chi connectivity index (χ2n) is 4.00. The summed E-state index contributed by atoms with van der Waals surface area (Å²) < 4.78 is 0. The van der Waals surface area contributed by atoms with Gasteiger partial charge in [0.05, 0.1) is 4.83 Å². The lowest BCUT2D eigenvalue weighted by atomic mass is 9.82. The van der Waals surface area contributed by atoms with Crippen LogP contribution in [0.3, 0.4) is 0 Å². The van der Waals surface area contributed by atoms with Gasteiger partial charge in [0.2, 0.25) is 0 Å². The number of alkyl halides is 1. The molecule has 1 aliphatic carbocycles. The topological polar surface area (TPSA) is 0 Å². The molecule has 0 radical (unpaired) electrons. The average Bonchev–Trinajstić information content (AvgIpc) is 2.26. The Kier molecular flexibility index (Phi) is 2.80. The van der Waals surface area contributed by atoms with Gasteiger partial charge in [-0.2, -0.15) is 0 Å². The summed E-state index contributed by atoms with van der Waals surface area (Å²) in [7, 11) is 0. The third-order valence-electron chi connectivity index (χ3n) is 2.89. The molecule has 1 heterocycles. The van der Waals surface area contributed by atoms with Crippen molar-refractivity contribution in [3.05, 3.63) is 21.4 Å². The van der Waals surface area contributed by atoms with Crippen LogP contribution in [0.15, 0.2) is 6.07 Å². The summed E-state index contributed by atoms with van der Waals surface area (Å²) in [5.41, 5.74) is 1.47. The Hall–Kier alpha value is 0.180. The number of aryl methyl sites for hydroxylation is 2. The van der Waals surface area contributed by atoms with E-state index < -0.39 is 0 Å². The molecule has 0 spiro atoms. The predicted octanol–water partition coefficient (Wildman–Crippen LogP) is 4.60. The van der Waals surface area contributed by atoms with Gasteiger partial charge in [-0.3, -0.25) is 0 Å². The zero-order valence-corrected chi connectivity index (χ0v) is 10.5. The molecular formula is C11H15BrS. The lowest BCUT2D eigenvalue weighted by Gasteiger charge is -2.30. The molecule has 72 valence electrons. The Bertz CT molecular complexity index is 299. The van der Waals surface area contributed by atoms with Crippen molar-refractivity contribution in [3.8, 4) is 0 Å². The van der Waals surface area contributed by atoms with Gasteiger partial charge in [-0.05, 0) is 44.2 Å². The third kappa shape index (κ3) is 1.84. The first-order chi connectivity index (χ1) is 6.18. The van der Waals surface area contributed by atoms with Gasteiger partial charge in [0.25, 0.3) is 0 Å². The molecule has 0 aliphatic heterocycles. The maximum absolute atomic E-state index is 3.84. The first kappa shape index (κ1) is 9.72. The summed E-state index contributed by atoms with van der Waals surface area (Å²) >= 11 is 5.79. The molecule has 1 aromatic heterocycles. The second kappa shape index (κ2) is 3.74. The maximum atomic E-state index is 3.84. The van der Waals surface area contributed by atoms with E-state index in [4.69, 9.17) is 0 Å². The highest BCUT2D eigenvalue weighted by Gasteiger charge is 2.28. The Morgan fingerprint density at radius 1 is 1.46 bits per heavy atom. The predicted molar refractivity (Wildman–Crippen MR) is 62.8 cm³/mol. The number of thiophene rings is 1. The molecule has 13 heavy (non-hydrogen) atoms. The van der Waals surface area contributed by atoms with Crippen molar-refractivity contribution in [1.82, 2.24) is 0 Å². The SMILES string of the molecule is Cc1cc(C)c(C(Br)C2CCC2)s1. The summed E-state index contributed by atoms with van der Waals surface area (Å²) in [5.74, 6) is 0.900. The molecule has 1 fully saturated rings. The number of hydrogen-bond acceptors (Lipinski definition) is 1. The van der Waals surface area contributed by atoms with Gasteiger partial charge >= 0.3 is 0 Å². The van der Waals surface area contributed by atoms with Crippen molar-refractivity contribution in [3.63, 3.8) is 0 Å². The van der Waals surface area contributed by atoms with Gasteiger partial charge in [0, 0.05) is 9.75 Å². The largest absolute Gasteiger partial charge is 0.144 e. The Morgan fingerprint density at radius 2 is 2.15 bits per heavy atom. The molecule has 0 nitrogen and oxygen atoms in total. The van der Waals surface area contributed by atoms with Crippen LogP contribution in [0.4, 0.5) is 0 Å². The molecule has 1 unspecified atom stereocenters. The fourth-order valence-corrected chi connectivity index (χ4v) is 4.16. The monoisotopic (exact) mass is 258 g/mol. The van der Waals surface area contributed by atoms with E-state index in [9.17, 15) is 0 Å². The van der Waals surface area contributed by atoms with Crippen molar-refractivity contribution in [2.45, 2.75) is 37.9 Å². The van der Waals surface area contributed by atoms with Crippen molar-refractivity contribution in [1.29, 1.82) is 0 Å². The zero-order chi connectivity index (χ0) is 9.42. The van der Waals surface area contributed by atoms with Gasteiger partial charge < -0.3 is 0 Å². The van der Waals surface area contributed by atoms with E-state index in [1.165, 1.54) is 29.7 Å². The first-order valence-electron chi connectivity index (χ1n) is 4.89. The Morgan fingerprint density at radius 3 is 2.54 bits per heavy atom. The van der Waals surface area contributed by atoms with E-state index in [1.54, 1.807) is 4.88 Å². The van der Waals surface area contributed by atoms with Gasteiger partial charge in [0.15, 0.2) is 0 Å². The summed E-state index contributed by atoms with van der Waals surface area (Å²) in [5, 5.41) is 0. The van der Waals surface area contributed by atoms with Crippen LogP contribution in [0.1, 0.15) is 39.4 Å². The molecular weight excluding hydrogens is 244 g/mol. The van der Waals surface area contributed by atoms with Gasteiger partial charge in [0.1, 0.15) is 0 Å². The van der Waals surface area contributed by atoms with Crippen LogP contribution in [0.2, 0.25) is 0 Å². The quantitative estimate of drug-likeness (QED) is 0.681. The highest BCUT2D eigenvalue weighted by atomic mass is 79.9. The van der Waals surface area contributed by atoms with Crippen LogP contribution in [0, 0.1) is 19.8 Å². The fraction of sp³-hybridized carbons (Fsp3) is 0.636. The van der Waals surface area contributed by atoms with E-state index in [-0.39, 0.29) is 0 Å². The van der Waals surface area contributed by atoms with Crippen LogP contribution in [-0.4, -0.2) is 0 Å². The maximum Gasteiger partial charge on any atom is 0.0520 e. The molecule has 0 saturated heterocycles. The number of rotatable bonds is 2. The lowest BCUT2D eigenvalue weighted by molar-refractivity contribution is 0.313. The van der Waals surface area contributed by atoms with Gasteiger partial charge in [-0.15, -0.1) is 11.3 Å². The van der Waals surface area contributed by atoms with Crippen molar-refractivity contribution in [2.24, 2.45) is 5.92 Å². The van der Waals surface area contributed by atoms with E-state index in [0.29, 0.717) is 4.83 Å². The fourth-order valence-electron chi connectivity index (χ4n) is 1.88. The molecule has 1 saturated carbocycles. The van der Waals surface area contributed by atoms with Crippen LogP contribution in [0.25, 0.3) is 0 Å². The summed E-state index contributed by atoms with van der Waals surface area (Å²) in [4.78, 5) is 3.62. The van der Waals surface area contributed by atoms with Gasteiger partial charge in [-0.25, -0.2) is 0 Å². The molecule has 1 aliphatic rings. The van der Waals surface area contributed by atoms with Crippen molar-refractivity contribution < 1.29 is 0 Å². The highest BCUT2D eigenvalue weighted by molar-refractivity contribution is 9.09. The van der Waals surface area contributed by atoms with E-state index in [0.717, 1.165) is 5.92 Å². The van der Waals surface area contributed by atoms with E-state index >= 15 is 0 Å². The Labute approximate surface area is 92.5 Å².